The molecule has 3 rings (SSSR count). The quantitative estimate of drug-likeness (QED) is 0.358. The molecule has 23 heavy (non-hydrogen) atoms. The Bertz CT molecular complexity index is 876. The number of carbonyl (C=O) groups is 1. The van der Waals surface area contributed by atoms with Crippen LogP contribution in [-0.2, 0) is 4.79 Å². The van der Waals surface area contributed by atoms with Crippen molar-refractivity contribution >= 4 is 60.3 Å². The Hall–Kier alpha value is -2.22. The predicted molar refractivity (Wildman–Crippen MR) is 99.2 cm³/mol. The van der Waals surface area contributed by atoms with Gasteiger partial charge in [-0.05, 0) is 39.7 Å². The first kappa shape index (κ1) is 15.7. The Balaban J connectivity index is 1.78. The second-order valence-corrected chi connectivity index (χ2v) is 6.59. The molecule has 0 saturated carbocycles. The van der Waals surface area contributed by atoms with E-state index in [1.807, 2.05) is 42.5 Å². The molecule has 0 aliphatic rings. The summed E-state index contributed by atoms with van der Waals surface area (Å²) in [6.45, 7) is 0. The largest absolute Gasteiger partial charge is 0.322 e. The van der Waals surface area contributed by atoms with Crippen LogP contribution in [0.4, 0.5) is 10.8 Å². The number of anilines is 2. The third-order valence-corrected chi connectivity index (χ3v) is 4.60. The Morgan fingerprint density at radius 3 is 2.78 bits per heavy atom. The topological polar surface area (TPSA) is 80.0 Å². The Labute approximate surface area is 145 Å². The van der Waals surface area contributed by atoms with E-state index in [0.717, 1.165) is 20.3 Å². The maximum absolute atomic E-state index is 12.0. The molecular formula is C16H13BrN4OS. The fourth-order valence-electron chi connectivity index (χ4n) is 2.04. The highest BCUT2D eigenvalue weighted by molar-refractivity contribution is 9.10. The lowest BCUT2D eigenvalue weighted by molar-refractivity contribution is -0.111. The molecule has 2 aromatic carbocycles. The van der Waals surface area contributed by atoms with Crippen molar-refractivity contribution in [2.75, 3.05) is 10.7 Å². The third-order valence-electron chi connectivity index (χ3n) is 3.07. The van der Waals surface area contributed by atoms with E-state index in [0.29, 0.717) is 10.8 Å². The number of amides is 1. The van der Waals surface area contributed by atoms with Gasteiger partial charge in [0.05, 0.1) is 10.2 Å². The molecule has 0 unspecified atom stereocenters. The number of hydrazine groups is 1. The van der Waals surface area contributed by atoms with E-state index in [4.69, 9.17) is 5.84 Å². The van der Waals surface area contributed by atoms with Gasteiger partial charge in [0.2, 0.25) is 5.91 Å². The van der Waals surface area contributed by atoms with Crippen LogP contribution in [0.3, 0.4) is 0 Å². The van der Waals surface area contributed by atoms with E-state index in [-0.39, 0.29) is 5.91 Å². The number of nitrogen functional groups attached to an aromatic ring is 1. The fraction of sp³-hybridized carbons (Fsp3) is 0. The van der Waals surface area contributed by atoms with Crippen LogP contribution in [0.25, 0.3) is 16.3 Å². The first-order valence-corrected chi connectivity index (χ1v) is 8.37. The highest BCUT2D eigenvalue weighted by atomic mass is 79.9. The van der Waals surface area contributed by atoms with Crippen molar-refractivity contribution in [2.24, 2.45) is 5.84 Å². The SMILES string of the molecule is NNc1nc2c(Br)cc(NC(=O)/C=C/c3ccccc3)cc2s1. The number of rotatable bonds is 4. The minimum absolute atomic E-state index is 0.193. The van der Waals surface area contributed by atoms with Gasteiger partial charge in [-0.25, -0.2) is 10.8 Å². The summed E-state index contributed by atoms with van der Waals surface area (Å²) in [7, 11) is 0. The molecule has 0 aliphatic heterocycles. The molecule has 3 aromatic rings. The minimum Gasteiger partial charge on any atom is -0.322 e. The van der Waals surface area contributed by atoms with Crippen LogP contribution in [0.2, 0.25) is 0 Å². The van der Waals surface area contributed by atoms with E-state index in [1.54, 1.807) is 6.08 Å². The smallest absolute Gasteiger partial charge is 0.248 e. The number of halogens is 1. The van der Waals surface area contributed by atoms with Crippen LogP contribution < -0.4 is 16.6 Å². The molecule has 1 aromatic heterocycles. The number of fused-ring (bicyclic) bond motifs is 1. The van der Waals surface area contributed by atoms with Gasteiger partial charge >= 0.3 is 0 Å². The molecule has 5 nitrogen and oxygen atoms in total. The first-order chi connectivity index (χ1) is 11.2. The second kappa shape index (κ2) is 6.91. The molecule has 116 valence electrons. The summed E-state index contributed by atoms with van der Waals surface area (Å²) in [6.07, 6.45) is 3.28. The standard InChI is InChI=1S/C16H13BrN4OS/c17-12-8-11(9-13-15(12)20-16(21-18)23-13)19-14(22)7-6-10-4-2-1-3-5-10/h1-9H,18H2,(H,19,22)(H,20,21)/b7-6+. The molecule has 1 amide bonds. The number of hydrogen-bond donors (Lipinski definition) is 3. The number of carbonyl (C=O) groups excluding carboxylic acids is 1. The zero-order valence-corrected chi connectivity index (χ0v) is 14.3. The van der Waals surface area contributed by atoms with Crippen LogP contribution in [0.1, 0.15) is 5.56 Å². The number of nitrogens with one attached hydrogen (secondary N) is 2. The molecule has 1 heterocycles. The lowest BCUT2D eigenvalue weighted by Gasteiger charge is -2.03. The summed E-state index contributed by atoms with van der Waals surface area (Å²) in [5.41, 5.74) is 5.00. The normalized spacial score (nSPS) is 11.0. The van der Waals surface area contributed by atoms with Crippen molar-refractivity contribution in [3.8, 4) is 0 Å². The molecule has 0 fully saturated rings. The average Bonchev–Trinajstić information content (AvgIpc) is 2.98. The van der Waals surface area contributed by atoms with Crippen LogP contribution in [0.5, 0.6) is 0 Å². The van der Waals surface area contributed by atoms with Gasteiger partial charge in [-0.3, -0.25) is 10.2 Å². The van der Waals surface area contributed by atoms with Crippen molar-refractivity contribution in [3.63, 3.8) is 0 Å². The number of benzene rings is 2. The maximum atomic E-state index is 12.0. The van der Waals surface area contributed by atoms with E-state index in [1.165, 1.54) is 17.4 Å². The van der Waals surface area contributed by atoms with Crippen molar-refractivity contribution in [1.82, 2.24) is 4.98 Å². The van der Waals surface area contributed by atoms with Gasteiger partial charge in [0.1, 0.15) is 0 Å². The van der Waals surface area contributed by atoms with E-state index < -0.39 is 0 Å². The second-order valence-electron chi connectivity index (χ2n) is 4.70. The summed E-state index contributed by atoms with van der Waals surface area (Å²) in [4.78, 5) is 16.4. The molecule has 0 spiro atoms. The number of thiazole rings is 1. The summed E-state index contributed by atoms with van der Waals surface area (Å²) in [5, 5.41) is 3.46. The Morgan fingerprint density at radius 1 is 1.26 bits per heavy atom. The average molecular weight is 389 g/mol. The first-order valence-electron chi connectivity index (χ1n) is 6.76. The van der Waals surface area contributed by atoms with Gasteiger partial charge in [-0.15, -0.1) is 0 Å². The number of nitrogens with zero attached hydrogens (tertiary/aromatic N) is 1. The molecular weight excluding hydrogens is 376 g/mol. The van der Waals surface area contributed by atoms with E-state index in [9.17, 15) is 4.79 Å². The molecule has 4 N–H and O–H groups in total. The van der Waals surface area contributed by atoms with Crippen LogP contribution in [-0.4, -0.2) is 10.9 Å². The summed E-state index contributed by atoms with van der Waals surface area (Å²) in [6, 6.07) is 13.3. The third kappa shape index (κ3) is 3.76. The summed E-state index contributed by atoms with van der Waals surface area (Å²) in [5.74, 6) is 5.19. The van der Waals surface area contributed by atoms with Crippen LogP contribution >= 0.6 is 27.3 Å². The summed E-state index contributed by atoms with van der Waals surface area (Å²) >= 11 is 4.88. The number of hydrogen-bond acceptors (Lipinski definition) is 5. The molecule has 0 radical (unpaired) electrons. The molecule has 7 heteroatoms. The van der Waals surface area contributed by atoms with E-state index >= 15 is 0 Å². The molecule has 0 aliphatic carbocycles. The van der Waals surface area contributed by atoms with E-state index in [2.05, 4.69) is 31.7 Å². The maximum Gasteiger partial charge on any atom is 0.248 e. The van der Waals surface area contributed by atoms with Crippen molar-refractivity contribution in [2.45, 2.75) is 0 Å². The van der Waals surface area contributed by atoms with Gasteiger partial charge in [0.15, 0.2) is 5.13 Å². The Morgan fingerprint density at radius 2 is 2.04 bits per heavy atom. The van der Waals surface area contributed by atoms with Gasteiger partial charge in [0.25, 0.3) is 0 Å². The minimum atomic E-state index is -0.193. The van der Waals surface area contributed by atoms with Gasteiger partial charge in [-0.2, -0.15) is 0 Å². The zero-order valence-electron chi connectivity index (χ0n) is 11.9. The van der Waals surface area contributed by atoms with Crippen LogP contribution in [0, 0.1) is 0 Å². The zero-order chi connectivity index (χ0) is 16.2. The molecule has 0 bridgehead atoms. The van der Waals surface area contributed by atoms with Crippen molar-refractivity contribution < 1.29 is 4.79 Å². The molecule has 0 atom stereocenters. The number of nitrogens with two attached hydrogens (primary N) is 1. The van der Waals surface area contributed by atoms with Gasteiger partial charge < -0.3 is 5.32 Å². The highest BCUT2D eigenvalue weighted by Gasteiger charge is 2.09. The van der Waals surface area contributed by atoms with Crippen molar-refractivity contribution in [1.29, 1.82) is 0 Å². The van der Waals surface area contributed by atoms with Gasteiger partial charge in [-0.1, -0.05) is 41.7 Å². The van der Waals surface area contributed by atoms with Crippen molar-refractivity contribution in [3.05, 3.63) is 58.6 Å². The fourth-order valence-corrected chi connectivity index (χ4v) is 3.56. The van der Waals surface area contributed by atoms with Crippen LogP contribution in [0.15, 0.2) is 53.0 Å². The van der Waals surface area contributed by atoms with Gasteiger partial charge in [0, 0.05) is 16.2 Å². The Kier molecular flexibility index (Phi) is 4.71. The summed E-state index contributed by atoms with van der Waals surface area (Å²) < 4.78 is 1.73. The lowest BCUT2D eigenvalue weighted by Crippen LogP contribution is -2.07. The number of aromatic nitrogens is 1. The monoisotopic (exact) mass is 388 g/mol. The lowest BCUT2D eigenvalue weighted by atomic mass is 10.2. The predicted octanol–water partition coefficient (Wildman–Crippen LogP) is 4.00. The highest BCUT2D eigenvalue weighted by Crippen LogP contribution is 2.33. The molecule has 0 saturated heterocycles.